The zero-order chi connectivity index (χ0) is 85.5. The molecule has 0 saturated carbocycles. The van der Waals surface area contributed by atoms with Crippen molar-refractivity contribution in [2.24, 2.45) is 0 Å². The molecule has 0 saturated heterocycles. The standard InChI is InChI=1S/C33H82N5O42P9.3C2H7O4P.2CH4/c1-34-24-59-15-29(14-39)77-86(51,52)68-10-6-65-83(45,46)73-21-31(17-61-26-36-3)79-88(55,56)70-12-8-67-85(49,50)75-23-33(19-63-28-38-5)80-89(57,58)71-13-9-66-84(47,48)74-22-32(18-62-27-37-4)78-87(53,54)69-11-7-64-82(43,44)72-20-30(16-60-25-35-2)76-81(40,41)42;3*1-2-6-7(3,4)5;;/h29-39H,6-28H2,1-5H3,(H,43,44)(H,45,46)(H,47,48)(H,49,50)(H,51,52)(H,53,54)(H,55,56)(H,57,58)(H2,40,41,42);3*2H2,1H3,(H2,3,4,5);2*1H4/p-11. The van der Waals surface area contributed by atoms with Gasteiger partial charge in [0.2, 0.25) is 0 Å². The third-order valence-corrected chi connectivity index (χ3v) is 19.6. The average Bonchev–Trinajstić information content (AvgIpc) is 0.900. The fourth-order valence-corrected chi connectivity index (χ4v) is 13.4. The number of phosphoric ester groups is 12. The van der Waals surface area contributed by atoms with Crippen LogP contribution in [0.15, 0.2) is 0 Å². The van der Waals surface area contributed by atoms with Crippen molar-refractivity contribution in [3.05, 3.63) is 0 Å². The molecule has 0 amide bonds. The van der Waals surface area contributed by atoms with Crippen molar-refractivity contribution in [1.82, 2.24) is 26.6 Å². The van der Waals surface area contributed by atoms with E-state index in [4.69, 9.17) is 61.7 Å². The van der Waals surface area contributed by atoms with Crippen LogP contribution in [0.3, 0.4) is 0 Å². The molecule has 684 valence electrons. The van der Waals surface area contributed by atoms with E-state index in [1.807, 2.05) is 0 Å². The summed E-state index contributed by atoms with van der Waals surface area (Å²) in [6, 6.07) is 0. The van der Waals surface area contributed by atoms with Crippen LogP contribution in [0.4, 0.5) is 0 Å². The zero-order valence-electron chi connectivity index (χ0n) is 59.4. The molecule has 0 bridgehead atoms. The quantitative estimate of drug-likeness (QED) is 0.0153. The largest absolute Gasteiger partial charge is 0.756 e. The number of nitrogens with one attached hydrogen (secondary N) is 5. The monoisotopic (exact) mass is 1900 g/mol. The maximum absolute atomic E-state index is 12.7. The van der Waals surface area contributed by atoms with Crippen LogP contribution >= 0.6 is 93.9 Å². The fourth-order valence-electron chi connectivity index (χ4n) is 5.59. The van der Waals surface area contributed by atoms with Gasteiger partial charge in [-0.3, -0.25) is 81.3 Å². The lowest BCUT2D eigenvalue weighted by Gasteiger charge is -2.31. The Kier molecular flexibility index (Phi) is 73.4. The van der Waals surface area contributed by atoms with E-state index in [9.17, 15) is 114 Å². The van der Waals surface area contributed by atoms with Crippen molar-refractivity contribution in [2.45, 2.75) is 66.1 Å². The maximum Gasteiger partial charge on any atom is 0.470 e. The van der Waals surface area contributed by atoms with Crippen LogP contribution in [0.25, 0.3) is 0 Å². The second-order valence-electron chi connectivity index (χ2n) is 18.7. The van der Waals surface area contributed by atoms with Crippen LogP contribution in [0, 0.1) is 0 Å². The minimum absolute atomic E-state index is 0. The second-order valence-corrected chi connectivity index (χ2v) is 34.6. The second kappa shape index (κ2) is 66.4. The van der Waals surface area contributed by atoms with Crippen LogP contribution in [0.2, 0.25) is 0 Å². The molecule has 16 unspecified atom stereocenters. The molecule has 0 aliphatic carbocycles. The number of hydrogen-bond donors (Lipinski definition) is 11. The molecule has 0 fully saturated rings. The minimum atomic E-state index is -5.56. The molecule has 112 heavy (non-hydrogen) atoms. The summed E-state index contributed by atoms with van der Waals surface area (Å²) in [6.07, 6.45) is -8.48. The Labute approximate surface area is 644 Å². The number of rotatable bonds is 69. The normalized spacial score (nSPS) is 19.2. The summed E-state index contributed by atoms with van der Waals surface area (Å²) in [7, 11) is -54.5. The summed E-state index contributed by atoms with van der Waals surface area (Å²) in [5.74, 6) is 0. The summed E-state index contributed by atoms with van der Waals surface area (Å²) in [4.78, 5) is 169. The minimum Gasteiger partial charge on any atom is -0.756 e. The molecule has 0 heterocycles. The van der Waals surface area contributed by atoms with Gasteiger partial charge in [0.15, 0.2) is 0 Å². The van der Waals surface area contributed by atoms with E-state index in [2.05, 4.69) is 103 Å². The van der Waals surface area contributed by atoms with Gasteiger partial charge in [-0.25, -0.2) is 4.57 Å². The Balaban J connectivity index is -0.00000106. The Hall–Kier alpha value is 0.880. The topological polar surface area (TPSA) is 871 Å². The van der Waals surface area contributed by atoms with Crippen molar-refractivity contribution >= 4 is 93.9 Å². The lowest BCUT2D eigenvalue weighted by molar-refractivity contribution is -0.245. The van der Waals surface area contributed by atoms with E-state index < -0.39 is 237 Å². The van der Waals surface area contributed by atoms with Crippen molar-refractivity contribution in [3.8, 4) is 0 Å². The third kappa shape index (κ3) is 85.8. The number of ether oxygens (including phenoxy) is 5. The van der Waals surface area contributed by atoms with Crippen LogP contribution in [0.1, 0.15) is 35.6 Å². The van der Waals surface area contributed by atoms with E-state index in [-0.39, 0.29) is 74.9 Å². The molecule has 0 radical (unpaired) electrons. The van der Waals surface area contributed by atoms with Gasteiger partial charge in [0.1, 0.15) is 30.5 Å². The van der Waals surface area contributed by atoms with Crippen LogP contribution in [0.5, 0.6) is 0 Å². The first-order chi connectivity index (χ1) is 50.6. The van der Waals surface area contributed by atoms with Crippen LogP contribution < -0.4 is 80.4 Å². The first-order valence-corrected chi connectivity index (χ1v) is 47.7. The predicted octanol–water partition coefficient (Wildman–Crippen LogP) is -7.37. The molecular weight excluding hydrogens is 1800 g/mol. The summed E-state index contributed by atoms with van der Waals surface area (Å²) in [6.45, 7) is -13.5. The molecule has 16 atom stereocenters. The van der Waals surface area contributed by atoms with Gasteiger partial charge >= 0.3 is 7.82 Å². The molecule has 0 aromatic heterocycles. The highest BCUT2D eigenvalue weighted by atomic mass is 31.2. The SMILES string of the molecule is C.C.CCOP(=O)([O-])O.CCOP(=O)([O-])O.CCOP(=O)([O-])O.CNCOCC(COP(=O)([O-])OCCOP(=O)([O-])OC(COCNC)COP(=O)([O-])OCCOP(=O)([O-])OC(COCNC)COP(=O)([O-])OCCOP(=O)([O-])OC(COCNC)COP(=O)([O-])OCCOP(=O)([O-])OC(CO)COCNC)OP(=O)(O)O. The van der Waals surface area contributed by atoms with Gasteiger partial charge in [-0.05, 0) is 56.0 Å². The first-order valence-electron chi connectivity index (χ1n) is 30.0. The van der Waals surface area contributed by atoms with Gasteiger partial charge in [0.25, 0.3) is 86.0 Å². The molecule has 71 heteroatoms. The fraction of sp³-hybridized carbons (Fsp3) is 1.00. The summed E-state index contributed by atoms with van der Waals surface area (Å²) in [5, 5.41) is 22.0. The summed E-state index contributed by atoms with van der Waals surface area (Å²) >= 11 is 0. The van der Waals surface area contributed by atoms with Crippen molar-refractivity contribution in [3.63, 3.8) is 0 Å². The number of hydrogen-bond acceptors (Lipinski definition) is 54. The van der Waals surface area contributed by atoms with Gasteiger partial charge in [-0.15, -0.1) is 0 Å². The van der Waals surface area contributed by atoms with Gasteiger partial charge in [-0.2, -0.15) is 0 Å². The predicted molar refractivity (Wildman–Crippen MR) is 353 cm³/mol. The summed E-state index contributed by atoms with van der Waals surface area (Å²) < 4.78 is 253. The Bertz CT molecular complexity index is 2920. The lowest BCUT2D eigenvalue weighted by atomic mass is 10.4. The molecule has 59 nitrogen and oxygen atoms in total. The molecule has 0 aliphatic rings. The van der Waals surface area contributed by atoms with E-state index in [0.717, 1.165) is 0 Å². The van der Waals surface area contributed by atoms with Crippen molar-refractivity contribution in [2.75, 3.05) is 208 Å². The number of phosphoric acid groups is 12. The summed E-state index contributed by atoms with van der Waals surface area (Å²) in [5.41, 5.74) is 0. The Morgan fingerprint density at radius 1 is 0.259 bits per heavy atom. The van der Waals surface area contributed by atoms with Crippen molar-refractivity contribution in [1.29, 1.82) is 0 Å². The van der Waals surface area contributed by atoms with E-state index in [1.165, 1.54) is 56.0 Å². The smallest absolute Gasteiger partial charge is 0.470 e. The first kappa shape index (κ1) is 124. The molecule has 0 aromatic rings. The third-order valence-electron chi connectivity index (χ3n) is 9.23. The van der Waals surface area contributed by atoms with Gasteiger partial charge < -0.3 is 193 Å². The van der Waals surface area contributed by atoms with Crippen molar-refractivity contribution < 1.29 is 252 Å². The van der Waals surface area contributed by atoms with Crippen LogP contribution in [-0.4, -0.2) is 268 Å². The van der Waals surface area contributed by atoms with Gasteiger partial charge in [-0.1, -0.05) is 14.9 Å². The van der Waals surface area contributed by atoms with E-state index in [0.29, 0.717) is 0 Å². The highest BCUT2D eigenvalue weighted by molar-refractivity contribution is 7.48. The lowest BCUT2D eigenvalue weighted by Crippen LogP contribution is -2.30. The van der Waals surface area contributed by atoms with Crippen LogP contribution in [-0.2, 0) is 169 Å². The van der Waals surface area contributed by atoms with Gasteiger partial charge in [0, 0.05) is 0 Å². The Morgan fingerprint density at radius 2 is 0.429 bits per heavy atom. The maximum atomic E-state index is 12.7. The number of aliphatic hydroxyl groups is 1. The molecule has 0 spiro atoms. The number of aliphatic hydroxyl groups excluding tert-OH is 1. The highest BCUT2D eigenvalue weighted by Gasteiger charge is 2.29. The Morgan fingerprint density at radius 3 is 0.580 bits per heavy atom. The highest BCUT2D eigenvalue weighted by Crippen LogP contribution is 2.48. The zero-order valence-corrected chi connectivity index (χ0v) is 70.2. The molecule has 0 rings (SSSR count). The van der Waals surface area contributed by atoms with E-state index in [1.54, 1.807) is 0 Å². The van der Waals surface area contributed by atoms with E-state index >= 15 is 0 Å². The molecular formula is C41H100N5O54P12-11. The molecule has 0 aromatic carbocycles. The average molecular weight is 1900 g/mol. The van der Waals surface area contributed by atoms with Gasteiger partial charge in [0.05, 0.1) is 172 Å². The molecule has 0 aliphatic heterocycles. The molecule has 11 N–H and O–H groups in total.